The first-order valence-corrected chi connectivity index (χ1v) is 10.6. The molecule has 0 saturated heterocycles. The summed E-state index contributed by atoms with van der Waals surface area (Å²) in [5.41, 5.74) is 4.86. The number of aliphatic carboxylic acids is 1. The molecule has 1 aliphatic heterocycles. The van der Waals surface area contributed by atoms with E-state index in [-0.39, 0.29) is 5.60 Å². The van der Waals surface area contributed by atoms with Gasteiger partial charge in [0.15, 0.2) is 0 Å². The summed E-state index contributed by atoms with van der Waals surface area (Å²) < 4.78 is 12.2. The lowest BCUT2D eigenvalue weighted by atomic mass is 9.86. The fraction of sp³-hybridized carbons (Fsp3) is 0.423. The van der Waals surface area contributed by atoms with Crippen molar-refractivity contribution in [3.05, 3.63) is 59.2 Å². The standard InChI is InChI=1S/C26H34O4/c1-8-19(12-10-11-18(5)13-25(27)28)20-14-21-22(17(3)4)16-26(6,7)30-24(21)15-23(20)29-9-2/h10-17H,8-9H2,1-7H3,(H,27,28)/b11-10+,18-13+,19-12-. The van der Waals surface area contributed by atoms with Crippen molar-refractivity contribution in [1.82, 2.24) is 0 Å². The molecule has 2 rings (SSSR count). The lowest BCUT2D eigenvalue weighted by molar-refractivity contribution is -0.131. The zero-order chi connectivity index (χ0) is 22.5. The van der Waals surface area contributed by atoms with Gasteiger partial charge in [-0.05, 0) is 68.9 Å². The van der Waals surface area contributed by atoms with Gasteiger partial charge in [0, 0.05) is 23.3 Å². The molecule has 0 bridgehead atoms. The molecule has 162 valence electrons. The molecule has 0 unspecified atom stereocenters. The highest BCUT2D eigenvalue weighted by atomic mass is 16.5. The predicted molar refractivity (Wildman–Crippen MR) is 124 cm³/mol. The van der Waals surface area contributed by atoms with E-state index < -0.39 is 5.97 Å². The summed E-state index contributed by atoms with van der Waals surface area (Å²) in [5, 5.41) is 8.87. The van der Waals surface area contributed by atoms with E-state index in [1.165, 1.54) is 11.6 Å². The number of allylic oxidation sites excluding steroid dienone is 6. The molecule has 0 fully saturated rings. The molecule has 30 heavy (non-hydrogen) atoms. The van der Waals surface area contributed by atoms with Crippen molar-refractivity contribution in [3.63, 3.8) is 0 Å². The van der Waals surface area contributed by atoms with Gasteiger partial charge in [0.2, 0.25) is 0 Å². The SMILES string of the molecule is CCOc1cc2c(cc1\C(=C/C=C/C(C)=C/C(=O)O)CC)C(C(C)C)=CC(C)(C)O2. The van der Waals surface area contributed by atoms with Gasteiger partial charge in [-0.2, -0.15) is 0 Å². The number of carbonyl (C=O) groups is 1. The second kappa shape index (κ2) is 9.84. The molecule has 0 radical (unpaired) electrons. The van der Waals surface area contributed by atoms with Gasteiger partial charge in [0.1, 0.15) is 17.1 Å². The zero-order valence-electron chi connectivity index (χ0n) is 19.2. The lowest BCUT2D eigenvalue weighted by Gasteiger charge is -2.33. The van der Waals surface area contributed by atoms with Crippen molar-refractivity contribution in [3.8, 4) is 11.5 Å². The maximum absolute atomic E-state index is 10.8. The Hall–Kier alpha value is -2.75. The molecule has 0 amide bonds. The summed E-state index contributed by atoms with van der Waals surface area (Å²) in [7, 11) is 0. The molecule has 0 saturated carbocycles. The van der Waals surface area contributed by atoms with Crippen LogP contribution in [0.3, 0.4) is 0 Å². The Kier molecular flexibility index (Phi) is 7.71. The molecule has 0 spiro atoms. The second-order valence-corrected chi connectivity index (χ2v) is 8.37. The Bertz CT molecular complexity index is 911. The molecular formula is C26H34O4. The minimum absolute atomic E-state index is 0.363. The van der Waals surface area contributed by atoms with Crippen LogP contribution in [0.5, 0.6) is 11.5 Å². The molecule has 1 heterocycles. The van der Waals surface area contributed by atoms with E-state index in [9.17, 15) is 4.79 Å². The highest BCUT2D eigenvalue weighted by Crippen LogP contribution is 2.44. The van der Waals surface area contributed by atoms with Crippen LogP contribution in [0.1, 0.15) is 66.0 Å². The monoisotopic (exact) mass is 410 g/mol. The molecule has 1 aromatic rings. The zero-order valence-corrected chi connectivity index (χ0v) is 19.2. The van der Waals surface area contributed by atoms with Crippen LogP contribution in [0.2, 0.25) is 0 Å². The normalized spacial score (nSPS) is 16.3. The third kappa shape index (κ3) is 5.88. The quantitative estimate of drug-likeness (QED) is 0.384. The van der Waals surface area contributed by atoms with Crippen LogP contribution >= 0.6 is 0 Å². The minimum Gasteiger partial charge on any atom is -0.493 e. The van der Waals surface area contributed by atoms with Gasteiger partial charge in [-0.15, -0.1) is 0 Å². The number of carboxylic acids is 1. The molecule has 1 aliphatic rings. The number of carboxylic acid groups (broad SMARTS) is 1. The Balaban J connectivity index is 2.58. The molecule has 0 aliphatic carbocycles. The van der Waals surface area contributed by atoms with Crippen molar-refractivity contribution in [2.24, 2.45) is 5.92 Å². The summed E-state index contributed by atoms with van der Waals surface area (Å²) >= 11 is 0. The summed E-state index contributed by atoms with van der Waals surface area (Å²) in [6.45, 7) is 15.0. The fourth-order valence-electron chi connectivity index (χ4n) is 3.60. The smallest absolute Gasteiger partial charge is 0.328 e. The largest absolute Gasteiger partial charge is 0.493 e. The van der Waals surface area contributed by atoms with Crippen molar-refractivity contribution in [2.75, 3.05) is 6.61 Å². The topological polar surface area (TPSA) is 55.8 Å². The Morgan fingerprint density at radius 3 is 2.53 bits per heavy atom. The van der Waals surface area contributed by atoms with E-state index in [4.69, 9.17) is 14.6 Å². The molecule has 0 aromatic heterocycles. The predicted octanol–water partition coefficient (Wildman–Crippen LogP) is 6.68. The van der Waals surface area contributed by atoms with Crippen LogP contribution in [-0.2, 0) is 4.79 Å². The van der Waals surface area contributed by atoms with Crippen molar-refractivity contribution >= 4 is 17.1 Å². The highest BCUT2D eigenvalue weighted by molar-refractivity contribution is 5.82. The third-order valence-corrected chi connectivity index (χ3v) is 4.93. The van der Waals surface area contributed by atoms with Crippen LogP contribution < -0.4 is 9.47 Å². The van der Waals surface area contributed by atoms with Crippen LogP contribution in [0.25, 0.3) is 11.1 Å². The van der Waals surface area contributed by atoms with Crippen molar-refractivity contribution < 1.29 is 19.4 Å². The van der Waals surface area contributed by atoms with E-state index in [1.807, 2.05) is 25.1 Å². The van der Waals surface area contributed by atoms with E-state index in [0.717, 1.165) is 34.6 Å². The van der Waals surface area contributed by atoms with Gasteiger partial charge in [-0.3, -0.25) is 0 Å². The van der Waals surface area contributed by atoms with E-state index in [2.05, 4.69) is 46.8 Å². The van der Waals surface area contributed by atoms with Crippen molar-refractivity contribution in [2.45, 2.75) is 60.5 Å². The Morgan fingerprint density at radius 1 is 1.27 bits per heavy atom. The van der Waals surface area contributed by atoms with Gasteiger partial charge in [0.05, 0.1) is 6.61 Å². The number of ether oxygens (including phenoxy) is 2. The van der Waals surface area contributed by atoms with Gasteiger partial charge in [0.25, 0.3) is 0 Å². The van der Waals surface area contributed by atoms with Crippen LogP contribution in [-0.4, -0.2) is 23.3 Å². The lowest BCUT2D eigenvalue weighted by Crippen LogP contribution is -2.29. The average Bonchev–Trinajstić information content (AvgIpc) is 2.63. The highest BCUT2D eigenvalue weighted by Gasteiger charge is 2.29. The maximum Gasteiger partial charge on any atom is 0.328 e. The molecule has 4 heteroatoms. The minimum atomic E-state index is -0.943. The summed E-state index contributed by atoms with van der Waals surface area (Å²) in [5.74, 6) is 1.08. The molecule has 0 atom stereocenters. The number of fused-ring (bicyclic) bond motifs is 1. The first-order valence-electron chi connectivity index (χ1n) is 10.6. The van der Waals surface area contributed by atoms with Crippen LogP contribution in [0.15, 0.2) is 48.1 Å². The summed E-state index contributed by atoms with van der Waals surface area (Å²) in [4.78, 5) is 10.8. The Morgan fingerprint density at radius 2 is 1.97 bits per heavy atom. The first kappa shape index (κ1) is 23.5. The van der Waals surface area contributed by atoms with Gasteiger partial charge >= 0.3 is 5.97 Å². The average molecular weight is 411 g/mol. The Labute approximate surface area is 180 Å². The molecular weight excluding hydrogens is 376 g/mol. The number of hydrogen-bond acceptors (Lipinski definition) is 3. The number of benzene rings is 1. The second-order valence-electron chi connectivity index (χ2n) is 8.37. The maximum atomic E-state index is 10.8. The molecule has 1 aromatic carbocycles. The molecule has 4 nitrogen and oxygen atoms in total. The summed E-state index contributed by atoms with van der Waals surface area (Å²) in [6, 6.07) is 4.18. The van der Waals surface area contributed by atoms with Gasteiger partial charge in [-0.25, -0.2) is 4.79 Å². The fourth-order valence-corrected chi connectivity index (χ4v) is 3.60. The van der Waals surface area contributed by atoms with E-state index in [0.29, 0.717) is 18.1 Å². The number of rotatable bonds is 8. The number of hydrogen-bond donors (Lipinski definition) is 1. The van der Waals surface area contributed by atoms with Crippen molar-refractivity contribution in [1.29, 1.82) is 0 Å². The first-order chi connectivity index (χ1) is 14.1. The summed E-state index contributed by atoms with van der Waals surface area (Å²) in [6.07, 6.45) is 9.93. The van der Waals surface area contributed by atoms with Crippen LogP contribution in [0, 0.1) is 5.92 Å². The van der Waals surface area contributed by atoms with Gasteiger partial charge < -0.3 is 14.6 Å². The van der Waals surface area contributed by atoms with Gasteiger partial charge in [-0.1, -0.05) is 39.0 Å². The van der Waals surface area contributed by atoms with Crippen LogP contribution in [0.4, 0.5) is 0 Å². The molecule has 1 N–H and O–H groups in total. The third-order valence-electron chi connectivity index (χ3n) is 4.93. The van der Waals surface area contributed by atoms with E-state index >= 15 is 0 Å². The van der Waals surface area contributed by atoms with E-state index in [1.54, 1.807) is 13.0 Å².